The standard InChI is InChI=1S/C22H30N6O2/c1-4-19-22(27(16-29)12-8-17(2)3)28-14-18(6-7-20(28)25-19)21(30)24-9-5-11-26-13-10-23-15-26/h6-7,10,13-17H,4-5,8-9,11-12H2,1-3H3,(H,24,30). The van der Waals surface area contributed by atoms with E-state index in [2.05, 4.69) is 29.1 Å². The largest absolute Gasteiger partial charge is 0.352 e. The van der Waals surface area contributed by atoms with Crippen molar-refractivity contribution in [1.82, 2.24) is 24.3 Å². The molecule has 0 atom stereocenters. The monoisotopic (exact) mass is 410 g/mol. The lowest BCUT2D eigenvalue weighted by atomic mass is 10.1. The molecule has 0 aliphatic rings. The van der Waals surface area contributed by atoms with Gasteiger partial charge >= 0.3 is 0 Å². The van der Waals surface area contributed by atoms with Crippen molar-refractivity contribution in [2.24, 2.45) is 5.92 Å². The minimum Gasteiger partial charge on any atom is -0.352 e. The van der Waals surface area contributed by atoms with Gasteiger partial charge in [0.2, 0.25) is 6.41 Å². The van der Waals surface area contributed by atoms with Gasteiger partial charge in [-0.05, 0) is 37.3 Å². The van der Waals surface area contributed by atoms with Crippen LogP contribution < -0.4 is 10.2 Å². The molecule has 0 aliphatic heterocycles. The van der Waals surface area contributed by atoms with Gasteiger partial charge < -0.3 is 9.88 Å². The van der Waals surface area contributed by atoms with Crippen molar-refractivity contribution in [3.05, 3.63) is 48.3 Å². The zero-order chi connectivity index (χ0) is 21.5. The molecule has 160 valence electrons. The van der Waals surface area contributed by atoms with E-state index in [-0.39, 0.29) is 5.91 Å². The summed E-state index contributed by atoms with van der Waals surface area (Å²) in [6.45, 7) is 8.27. The third kappa shape index (κ3) is 5.06. The maximum Gasteiger partial charge on any atom is 0.252 e. The number of fused-ring (bicyclic) bond motifs is 1. The van der Waals surface area contributed by atoms with Crippen molar-refractivity contribution in [3.63, 3.8) is 0 Å². The molecule has 0 saturated heterocycles. The quantitative estimate of drug-likeness (QED) is 0.389. The molecule has 8 nitrogen and oxygen atoms in total. The number of nitrogens with zero attached hydrogens (tertiary/aromatic N) is 5. The summed E-state index contributed by atoms with van der Waals surface area (Å²) in [4.78, 5) is 34.8. The van der Waals surface area contributed by atoms with Crippen LogP contribution in [-0.4, -0.2) is 44.3 Å². The van der Waals surface area contributed by atoms with Gasteiger partial charge in [-0.15, -0.1) is 0 Å². The highest BCUT2D eigenvalue weighted by molar-refractivity contribution is 5.94. The van der Waals surface area contributed by atoms with Crippen molar-refractivity contribution >= 4 is 23.8 Å². The number of aromatic nitrogens is 4. The van der Waals surface area contributed by atoms with Crippen LogP contribution in [0.25, 0.3) is 5.65 Å². The summed E-state index contributed by atoms with van der Waals surface area (Å²) in [7, 11) is 0. The van der Waals surface area contributed by atoms with Gasteiger partial charge in [-0.25, -0.2) is 9.97 Å². The number of rotatable bonds is 11. The number of hydrogen-bond donors (Lipinski definition) is 1. The molecule has 0 bridgehead atoms. The molecule has 0 radical (unpaired) electrons. The predicted molar refractivity (Wildman–Crippen MR) is 117 cm³/mol. The number of amides is 2. The Morgan fingerprint density at radius 2 is 2.17 bits per heavy atom. The molecule has 1 N–H and O–H groups in total. The van der Waals surface area contributed by atoms with Gasteiger partial charge in [0.1, 0.15) is 11.5 Å². The number of carbonyl (C=O) groups is 2. The second-order valence-electron chi connectivity index (χ2n) is 7.77. The number of imidazole rings is 2. The summed E-state index contributed by atoms with van der Waals surface area (Å²) >= 11 is 0. The van der Waals surface area contributed by atoms with Gasteiger partial charge in [0, 0.05) is 38.2 Å². The van der Waals surface area contributed by atoms with Crippen molar-refractivity contribution in [1.29, 1.82) is 0 Å². The maximum atomic E-state index is 12.6. The van der Waals surface area contributed by atoms with Gasteiger partial charge in [0.05, 0.1) is 17.6 Å². The summed E-state index contributed by atoms with van der Waals surface area (Å²) in [5.74, 6) is 1.10. The second kappa shape index (κ2) is 10.0. The molecule has 3 heterocycles. The van der Waals surface area contributed by atoms with Crippen LogP contribution in [0.2, 0.25) is 0 Å². The van der Waals surface area contributed by atoms with Crippen LogP contribution in [0.5, 0.6) is 0 Å². The van der Waals surface area contributed by atoms with Gasteiger partial charge in [0.25, 0.3) is 5.91 Å². The molecule has 0 aromatic carbocycles. The molecule has 0 fully saturated rings. The normalized spacial score (nSPS) is 11.2. The Morgan fingerprint density at radius 1 is 1.33 bits per heavy atom. The van der Waals surface area contributed by atoms with E-state index in [1.807, 2.05) is 28.2 Å². The van der Waals surface area contributed by atoms with E-state index in [1.54, 1.807) is 29.7 Å². The molecule has 3 aromatic heterocycles. The lowest BCUT2D eigenvalue weighted by Crippen LogP contribution is -2.27. The fourth-order valence-corrected chi connectivity index (χ4v) is 3.35. The van der Waals surface area contributed by atoms with Gasteiger partial charge in [-0.3, -0.25) is 18.9 Å². The molecule has 2 amide bonds. The smallest absolute Gasteiger partial charge is 0.252 e. The van der Waals surface area contributed by atoms with Crippen molar-refractivity contribution < 1.29 is 9.59 Å². The minimum atomic E-state index is -0.139. The number of carbonyl (C=O) groups excluding carboxylic acids is 2. The Balaban J connectivity index is 1.76. The molecular formula is C22H30N6O2. The Labute approximate surface area is 176 Å². The van der Waals surface area contributed by atoms with Crippen LogP contribution in [-0.2, 0) is 17.8 Å². The first-order chi connectivity index (χ1) is 14.5. The lowest BCUT2D eigenvalue weighted by Gasteiger charge is -2.19. The first-order valence-electron chi connectivity index (χ1n) is 10.5. The SMILES string of the molecule is CCc1nc2ccc(C(=O)NCCCn3ccnc3)cn2c1N(C=O)CCC(C)C. The zero-order valence-electron chi connectivity index (χ0n) is 17.9. The van der Waals surface area contributed by atoms with E-state index < -0.39 is 0 Å². The molecule has 0 aliphatic carbocycles. The fourth-order valence-electron chi connectivity index (χ4n) is 3.35. The van der Waals surface area contributed by atoms with Gasteiger partial charge in [-0.1, -0.05) is 20.8 Å². The predicted octanol–water partition coefficient (Wildman–Crippen LogP) is 2.92. The summed E-state index contributed by atoms with van der Waals surface area (Å²) in [5.41, 5.74) is 2.12. The third-order valence-corrected chi connectivity index (χ3v) is 5.04. The van der Waals surface area contributed by atoms with Crippen LogP contribution in [0, 0.1) is 5.92 Å². The van der Waals surface area contributed by atoms with E-state index >= 15 is 0 Å². The lowest BCUT2D eigenvalue weighted by molar-refractivity contribution is -0.107. The van der Waals surface area contributed by atoms with E-state index in [0.29, 0.717) is 31.0 Å². The van der Waals surface area contributed by atoms with Crippen molar-refractivity contribution in [2.45, 2.75) is 46.6 Å². The highest BCUT2D eigenvalue weighted by Crippen LogP contribution is 2.24. The second-order valence-corrected chi connectivity index (χ2v) is 7.77. The highest BCUT2D eigenvalue weighted by Gasteiger charge is 2.19. The summed E-state index contributed by atoms with van der Waals surface area (Å²) < 4.78 is 3.83. The first-order valence-corrected chi connectivity index (χ1v) is 10.5. The molecule has 3 rings (SSSR count). The average molecular weight is 411 g/mol. The number of aryl methyl sites for hydroxylation is 2. The first kappa shape index (κ1) is 21.5. The summed E-state index contributed by atoms with van der Waals surface area (Å²) in [6.07, 6.45) is 10.5. The number of pyridine rings is 1. The summed E-state index contributed by atoms with van der Waals surface area (Å²) in [5, 5.41) is 2.96. The number of anilines is 1. The molecule has 8 heteroatoms. The molecule has 0 spiro atoms. The summed E-state index contributed by atoms with van der Waals surface area (Å²) in [6, 6.07) is 3.60. The highest BCUT2D eigenvalue weighted by atomic mass is 16.1. The van der Waals surface area contributed by atoms with Crippen LogP contribution >= 0.6 is 0 Å². The van der Waals surface area contributed by atoms with E-state index in [0.717, 1.165) is 43.0 Å². The Kier molecular flexibility index (Phi) is 7.21. The van der Waals surface area contributed by atoms with Crippen molar-refractivity contribution in [3.8, 4) is 0 Å². The van der Waals surface area contributed by atoms with E-state index in [4.69, 9.17) is 0 Å². The van der Waals surface area contributed by atoms with Crippen molar-refractivity contribution in [2.75, 3.05) is 18.0 Å². The average Bonchev–Trinajstić information content (AvgIpc) is 3.38. The Morgan fingerprint density at radius 3 is 2.83 bits per heavy atom. The molecule has 0 unspecified atom stereocenters. The topological polar surface area (TPSA) is 84.5 Å². The molecule has 3 aromatic rings. The fraction of sp³-hybridized carbons (Fsp3) is 0.455. The van der Waals surface area contributed by atoms with Gasteiger partial charge in [0.15, 0.2) is 0 Å². The van der Waals surface area contributed by atoms with E-state index in [1.165, 1.54) is 0 Å². The zero-order valence-corrected chi connectivity index (χ0v) is 17.9. The van der Waals surface area contributed by atoms with Crippen LogP contribution in [0.3, 0.4) is 0 Å². The van der Waals surface area contributed by atoms with Crippen LogP contribution in [0.4, 0.5) is 5.82 Å². The van der Waals surface area contributed by atoms with Gasteiger partial charge in [-0.2, -0.15) is 0 Å². The molecule has 0 saturated carbocycles. The number of hydrogen-bond acceptors (Lipinski definition) is 4. The third-order valence-electron chi connectivity index (χ3n) is 5.04. The maximum absolute atomic E-state index is 12.6. The Hall–Kier alpha value is -3.16. The minimum absolute atomic E-state index is 0.139. The van der Waals surface area contributed by atoms with Crippen LogP contribution in [0.15, 0.2) is 37.1 Å². The van der Waals surface area contributed by atoms with E-state index in [9.17, 15) is 9.59 Å². The number of nitrogens with one attached hydrogen (secondary N) is 1. The molecular weight excluding hydrogens is 380 g/mol. The van der Waals surface area contributed by atoms with Crippen LogP contribution in [0.1, 0.15) is 49.7 Å². The Bertz CT molecular complexity index is 977. The molecule has 30 heavy (non-hydrogen) atoms.